The van der Waals surface area contributed by atoms with Gasteiger partial charge in [0.15, 0.2) is 6.73 Å². The average molecular weight is 310 g/mol. The molecule has 0 aliphatic carbocycles. The van der Waals surface area contributed by atoms with Crippen LogP contribution in [0.4, 0.5) is 0 Å². The third kappa shape index (κ3) is 2.58. The van der Waals surface area contributed by atoms with Crippen LogP contribution in [0.1, 0.15) is 26.3 Å². The van der Waals surface area contributed by atoms with Crippen molar-refractivity contribution >= 4 is 29.0 Å². The molecule has 2 amide bonds. The minimum Gasteiger partial charge on any atom is -0.477 e. The van der Waals surface area contributed by atoms with Gasteiger partial charge in [-0.15, -0.1) is 0 Å². The molecule has 0 atom stereocenters. The summed E-state index contributed by atoms with van der Waals surface area (Å²) in [4.78, 5) is 29.5. The number of allylic oxidation sites excluding steroid dienone is 1. The first kappa shape index (κ1) is 15.3. The second kappa shape index (κ2) is 5.37. The van der Waals surface area contributed by atoms with Gasteiger partial charge >= 0.3 is 0 Å². The molecular formula is C14H16ClN3O3. The number of aromatic nitrogens is 1. The van der Waals surface area contributed by atoms with Crippen molar-refractivity contribution in [2.24, 2.45) is 5.73 Å². The summed E-state index contributed by atoms with van der Waals surface area (Å²) in [6.45, 7) is 4.77. The fourth-order valence-corrected chi connectivity index (χ4v) is 2.22. The van der Waals surface area contributed by atoms with Crippen LogP contribution in [0.25, 0.3) is 5.57 Å². The second-order valence-electron chi connectivity index (χ2n) is 5.20. The molecule has 2 rings (SSSR count). The van der Waals surface area contributed by atoms with E-state index >= 15 is 0 Å². The first-order valence-electron chi connectivity index (χ1n) is 6.33. The van der Waals surface area contributed by atoms with Gasteiger partial charge in [0.2, 0.25) is 5.91 Å². The van der Waals surface area contributed by atoms with Gasteiger partial charge in [0.1, 0.15) is 16.5 Å². The molecule has 1 aromatic heterocycles. The highest BCUT2D eigenvalue weighted by molar-refractivity contribution is 6.34. The summed E-state index contributed by atoms with van der Waals surface area (Å²) in [7, 11) is 0. The number of amides is 2. The van der Waals surface area contributed by atoms with Gasteiger partial charge in [0, 0.05) is 11.8 Å². The fourth-order valence-electron chi connectivity index (χ4n) is 2.00. The van der Waals surface area contributed by atoms with Crippen LogP contribution in [0.15, 0.2) is 24.1 Å². The highest BCUT2D eigenvalue weighted by atomic mass is 35.5. The molecule has 2 N–H and O–H groups in total. The minimum atomic E-state index is -1.17. The molecule has 0 bridgehead atoms. The molecule has 7 heteroatoms. The molecule has 2 heterocycles. The molecule has 1 aliphatic heterocycles. The highest BCUT2D eigenvalue weighted by Crippen LogP contribution is 2.32. The number of primary amides is 1. The van der Waals surface area contributed by atoms with Crippen molar-refractivity contribution in [2.45, 2.75) is 26.3 Å². The van der Waals surface area contributed by atoms with E-state index in [1.54, 1.807) is 32.9 Å². The van der Waals surface area contributed by atoms with E-state index < -0.39 is 11.4 Å². The molecule has 0 saturated carbocycles. The maximum absolute atomic E-state index is 12.7. The second-order valence-corrected chi connectivity index (χ2v) is 5.56. The first-order chi connectivity index (χ1) is 9.76. The quantitative estimate of drug-likeness (QED) is 0.858. The first-order valence-corrected chi connectivity index (χ1v) is 6.71. The standard InChI is InChI=1S/C14H16ClN3O3/c1-8-10(9-5-4-6-17-11(9)15)12(19)18(7-21-8)14(2,3)13(16)20/h4-6H,7H2,1-3H3,(H2,16,20). The Balaban J connectivity index is 2.50. The number of hydrogen-bond acceptors (Lipinski definition) is 4. The highest BCUT2D eigenvalue weighted by Gasteiger charge is 2.41. The number of ether oxygens (including phenoxy) is 1. The monoisotopic (exact) mass is 309 g/mol. The zero-order valence-corrected chi connectivity index (χ0v) is 12.8. The largest absolute Gasteiger partial charge is 0.477 e. The molecule has 0 aromatic carbocycles. The van der Waals surface area contributed by atoms with Crippen LogP contribution >= 0.6 is 11.6 Å². The predicted molar refractivity (Wildman–Crippen MR) is 77.9 cm³/mol. The normalized spacial score (nSPS) is 16.0. The Morgan fingerprint density at radius 3 is 2.76 bits per heavy atom. The summed E-state index contributed by atoms with van der Waals surface area (Å²) in [5.41, 5.74) is 4.95. The van der Waals surface area contributed by atoms with Crippen molar-refractivity contribution in [3.8, 4) is 0 Å². The van der Waals surface area contributed by atoms with Crippen molar-refractivity contribution in [3.63, 3.8) is 0 Å². The molecule has 0 saturated heterocycles. The van der Waals surface area contributed by atoms with Crippen LogP contribution in [0, 0.1) is 0 Å². The Kier molecular flexibility index (Phi) is 3.91. The molecule has 6 nitrogen and oxygen atoms in total. The summed E-state index contributed by atoms with van der Waals surface area (Å²) >= 11 is 6.05. The van der Waals surface area contributed by atoms with E-state index in [0.717, 1.165) is 0 Å². The lowest BCUT2D eigenvalue weighted by atomic mass is 9.97. The number of nitrogens with zero attached hydrogens (tertiary/aromatic N) is 2. The van der Waals surface area contributed by atoms with Crippen molar-refractivity contribution in [1.29, 1.82) is 0 Å². The Bertz CT molecular complexity index is 640. The number of carbonyl (C=O) groups is 2. The summed E-state index contributed by atoms with van der Waals surface area (Å²) in [5.74, 6) is -0.542. The van der Waals surface area contributed by atoms with Crippen molar-refractivity contribution < 1.29 is 14.3 Å². The Hall–Kier alpha value is -2.08. The van der Waals surface area contributed by atoms with Crippen LogP contribution in [0.5, 0.6) is 0 Å². The van der Waals surface area contributed by atoms with Gasteiger partial charge in [0.05, 0.1) is 5.57 Å². The molecule has 0 fully saturated rings. The lowest BCUT2D eigenvalue weighted by Crippen LogP contribution is -2.57. The number of nitrogens with two attached hydrogens (primary N) is 1. The summed E-state index contributed by atoms with van der Waals surface area (Å²) < 4.78 is 5.51. The third-order valence-corrected chi connectivity index (χ3v) is 3.83. The van der Waals surface area contributed by atoms with E-state index in [0.29, 0.717) is 11.3 Å². The molecule has 21 heavy (non-hydrogen) atoms. The summed E-state index contributed by atoms with van der Waals surface area (Å²) in [6.07, 6.45) is 1.53. The van der Waals surface area contributed by atoms with Crippen LogP contribution in [-0.2, 0) is 14.3 Å². The average Bonchev–Trinajstić information content (AvgIpc) is 2.40. The van der Waals surface area contributed by atoms with Gasteiger partial charge in [-0.2, -0.15) is 0 Å². The maximum Gasteiger partial charge on any atom is 0.261 e. The van der Waals surface area contributed by atoms with Gasteiger partial charge in [-0.05, 0) is 32.9 Å². The number of hydrogen-bond donors (Lipinski definition) is 1. The lowest BCUT2D eigenvalue weighted by molar-refractivity contribution is -0.148. The van der Waals surface area contributed by atoms with Gasteiger partial charge in [-0.1, -0.05) is 11.6 Å². The number of carbonyl (C=O) groups excluding carboxylic acids is 2. The van der Waals surface area contributed by atoms with Gasteiger partial charge in [-0.3, -0.25) is 14.5 Å². The van der Waals surface area contributed by atoms with Crippen LogP contribution in [0.2, 0.25) is 5.15 Å². The number of pyridine rings is 1. The summed E-state index contributed by atoms with van der Waals surface area (Å²) in [5, 5.41) is 0.197. The van der Waals surface area contributed by atoms with Crippen molar-refractivity contribution in [2.75, 3.05) is 6.73 Å². The Morgan fingerprint density at radius 1 is 1.52 bits per heavy atom. The van der Waals surface area contributed by atoms with Crippen LogP contribution < -0.4 is 5.73 Å². The van der Waals surface area contributed by atoms with Gasteiger partial charge < -0.3 is 10.5 Å². The smallest absolute Gasteiger partial charge is 0.261 e. The number of rotatable bonds is 3. The fraction of sp³-hybridized carbons (Fsp3) is 0.357. The molecule has 1 aliphatic rings. The van der Waals surface area contributed by atoms with E-state index in [9.17, 15) is 9.59 Å². The van der Waals surface area contributed by atoms with Crippen LogP contribution in [0.3, 0.4) is 0 Å². The van der Waals surface area contributed by atoms with E-state index in [-0.39, 0.29) is 23.4 Å². The van der Waals surface area contributed by atoms with Crippen LogP contribution in [-0.4, -0.2) is 34.0 Å². The zero-order valence-electron chi connectivity index (χ0n) is 12.0. The maximum atomic E-state index is 12.7. The van der Waals surface area contributed by atoms with Gasteiger partial charge in [0.25, 0.3) is 5.91 Å². The van der Waals surface area contributed by atoms with E-state index in [1.165, 1.54) is 11.1 Å². The van der Waals surface area contributed by atoms with E-state index in [2.05, 4.69) is 4.98 Å². The molecule has 112 valence electrons. The SMILES string of the molecule is CC1=C(c2cccnc2Cl)C(=O)N(C(C)(C)C(N)=O)CO1. The van der Waals surface area contributed by atoms with Crippen molar-refractivity contribution in [1.82, 2.24) is 9.88 Å². The molecular weight excluding hydrogens is 294 g/mol. The van der Waals surface area contributed by atoms with E-state index in [1.807, 2.05) is 0 Å². The van der Waals surface area contributed by atoms with Gasteiger partial charge in [-0.25, -0.2) is 4.98 Å². The molecule has 0 unspecified atom stereocenters. The molecule has 1 aromatic rings. The van der Waals surface area contributed by atoms with E-state index in [4.69, 9.17) is 22.1 Å². The molecule has 0 spiro atoms. The zero-order chi connectivity index (χ0) is 15.8. The predicted octanol–water partition coefficient (Wildman–Crippen LogP) is 1.55. The minimum absolute atomic E-state index is 0.0397. The number of halogens is 1. The Morgan fingerprint density at radius 2 is 2.19 bits per heavy atom. The third-order valence-electron chi connectivity index (χ3n) is 3.53. The molecule has 0 radical (unpaired) electrons. The topological polar surface area (TPSA) is 85.5 Å². The summed E-state index contributed by atoms with van der Waals surface area (Å²) in [6, 6.07) is 3.35. The van der Waals surface area contributed by atoms with Crippen molar-refractivity contribution in [3.05, 3.63) is 34.8 Å². The Labute approximate surface area is 127 Å². The lowest BCUT2D eigenvalue weighted by Gasteiger charge is -2.39.